The third-order valence-electron chi connectivity index (χ3n) is 10.6. The average molecular weight is 696 g/mol. The summed E-state index contributed by atoms with van der Waals surface area (Å²) in [7, 11) is -5.09. The van der Waals surface area contributed by atoms with Gasteiger partial charge in [0.05, 0.1) is 0 Å². The van der Waals surface area contributed by atoms with Crippen molar-refractivity contribution in [3.8, 4) is 0 Å². The van der Waals surface area contributed by atoms with E-state index in [4.69, 9.17) is 20.1 Å². The lowest BCUT2D eigenvalue weighted by atomic mass is 9.50. The van der Waals surface area contributed by atoms with Gasteiger partial charge in [0.25, 0.3) is 0 Å². The van der Waals surface area contributed by atoms with Gasteiger partial charge in [0.15, 0.2) is 0 Å². The Kier molecular flexibility index (Phi) is 47.0. The molecular weight excluding hydrogens is 604 g/mol. The van der Waals surface area contributed by atoms with Gasteiger partial charge in [0, 0.05) is 0 Å². The topological polar surface area (TPSA) is 162 Å². The fraction of sp³-hybridized carbons (Fsp3) is 1.00. The van der Waals surface area contributed by atoms with Crippen LogP contribution in [0, 0.1) is 71.0 Å². The van der Waals surface area contributed by atoms with Gasteiger partial charge in [-0.1, -0.05) is 140 Å². The van der Waals surface area contributed by atoms with Crippen molar-refractivity contribution >= 4 is 28.5 Å². The van der Waals surface area contributed by atoms with Gasteiger partial charge in [-0.2, -0.15) is 0 Å². The van der Waals surface area contributed by atoms with Crippen LogP contribution < -0.4 is 0 Å². The van der Waals surface area contributed by atoms with Gasteiger partial charge < -0.3 is 40.2 Å². The highest BCUT2D eigenvalue weighted by molar-refractivity contribution is 6.44. The molecule has 0 bridgehead atoms. The van der Waals surface area contributed by atoms with Gasteiger partial charge in [-0.3, -0.25) is 0 Å². The molecule has 0 aliphatic carbocycles. The molecule has 12 heteroatoms. The van der Waals surface area contributed by atoms with Gasteiger partial charge in [-0.25, -0.2) is 0 Å². The molecule has 9 atom stereocenters. The van der Waals surface area contributed by atoms with Gasteiger partial charge in [0.2, 0.25) is 0 Å². The normalized spacial score (nSPS) is 16.6. The zero-order valence-electron chi connectivity index (χ0n) is 32.0. The summed E-state index contributed by atoms with van der Waals surface area (Å²) in [6, 6.07) is 0. The van der Waals surface area contributed by atoms with Crippen molar-refractivity contribution in [1.82, 2.24) is 0 Å². The molecule has 8 nitrogen and oxygen atoms in total. The van der Waals surface area contributed by atoms with Crippen LogP contribution in [0.4, 0.5) is 0 Å². The lowest BCUT2D eigenvalue weighted by molar-refractivity contribution is 0.126. The van der Waals surface area contributed by atoms with E-state index in [1.54, 1.807) is 0 Å². The maximum absolute atomic E-state index is 9.74. The van der Waals surface area contributed by atoms with Crippen LogP contribution in [-0.4, -0.2) is 68.7 Å². The van der Waals surface area contributed by atoms with Crippen molar-refractivity contribution in [2.45, 2.75) is 166 Å². The molecule has 0 spiro atoms. The molecule has 0 heterocycles. The zero-order valence-corrected chi connectivity index (χ0v) is 32.0. The highest BCUT2D eigenvalue weighted by Crippen LogP contribution is 2.43. The summed E-state index contributed by atoms with van der Waals surface area (Å²) in [6.45, 7) is 38.2. The Hall–Kier alpha value is -0.0603. The van der Waals surface area contributed by atoms with Crippen molar-refractivity contribution in [3.63, 3.8) is 0 Å². The Labute approximate surface area is 304 Å². The van der Waals surface area contributed by atoms with Crippen molar-refractivity contribution < 1.29 is 40.2 Å². The molecule has 0 saturated heterocycles. The van der Waals surface area contributed by atoms with Gasteiger partial charge in [0.1, 0.15) is 0 Å². The van der Waals surface area contributed by atoms with Gasteiger partial charge >= 0.3 is 28.5 Å². The van der Waals surface area contributed by atoms with Crippen LogP contribution in [0.25, 0.3) is 0 Å². The Morgan fingerprint density at radius 1 is 0.271 bits per heavy atom. The van der Waals surface area contributed by atoms with E-state index in [1.165, 1.54) is 13.6 Å². The van der Waals surface area contributed by atoms with Crippen molar-refractivity contribution in [3.05, 3.63) is 0 Å². The number of hydrogen-bond acceptors (Lipinski definition) is 8. The number of rotatable bonds is 14. The second kappa shape index (κ2) is 34.0. The van der Waals surface area contributed by atoms with E-state index in [9.17, 15) is 20.1 Å². The monoisotopic (exact) mass is 697 g/mol. The van der Waals surface area contributed by atoms with E-state index in [2.05, 4.69) is 76.2 Å². The second-order valence-corrected chi connectivity index (χ2v) is 15.1. The van der Waals surface area contributed by atoms with Crippen molar-refractivity contribution in [2.24, 2.45) is 71.0 Å². The SMILES string of the molecule is C.C.C.C.CB(O)O.CB(O)O.CC(C)C(C)C(B(O)O)C(C)C(C)C(B(O)O)C(C)C.CC(C)C(C)C(C)C(C)C(C)C(C)C(C)C. The van der Waals surface area contributed by atoms with E-state index >= 15 is 0 Å². The van der Waals surface area contributed by atoms with Crippen molar-refractivity contribution in [1.29, 1.82) is 0 Å². The quantitative estimate of drug-likeness (QED) is 0.0846. The average Bonchev–Trinajstić information content (AvgIpc) is 2.85. The molecule has 0 aliphatic rings. The highest BCUT2D eigenvalue weighted by Gasteiger charge is 2.42. The molecule has 8 N–H and O–H groups in total. The van der Waals surface area contributed by atoms with Crippen LogP contribution in [0.3, 0.4) is 0 Å². The molecule has 9 unspecified atom stereocenters. The molecule has 296 valence electrons. The summed E-state index contributed by atoms with van der Waals surface area (Å²) in [5, 5.41) is 69.1. The molecule has 0 rings (SSSR count). The first kappa shape index (κ1) is 66.2. The first-order valence-electron chi connectivity index (χ1n) is 17.1. The molecule has 0 aromatic heterocycles. The lowest BCUT2D eigenvalue weighted by Gasteiger charge is -2.39. The Morgan fingerprint density at radius 2 is 0.458 bits per heavy atom. The fourth-order valence-corrected chi connectivity index (χ4v) is 6.04. The van der Waals surface area contributed by atoms with E-state index in [1.807, 2.05) is 34.6 Å². The zero-order chi connectivity index (χ0) is 36.4. The van der Waals surface area contributed by atoms with E-state index in [-0.39, 0.29) is 65.0 Å². The molecule has 0 aliphatic heterocycles. The molecule has 48 heavy (non-hydrogen) atoms. The van der Waals surface area contributed by atoms with Crippen LogP contribution in [0.5, 0.6) is 0 Å². The minimum Gasteiger partial charge on any atom is -0.427 e. The van der Waals surface area contributed by atoms with Crippen molar-refractivity contribution in [2.75, 3.05) is 0 Å². The minimum absolute atomic E-state index is 0. The second-order valence-electron chi connectivity index (χ2n) is 15.1. The molecule has 0 amide bonds. The fourth-order valence-electron chi connectivity index (χ4n) is 6.04. The summed E-state index contributed by atoms with van der Waals surface area (Å²) in [5.74, 6) is 5.80. The predicted octanol–water partition coefficient (Wildman–Crippen LogP) is 8.09. The summed E-state index contributed by atoms with van der Waals surface area (Å²) in [4.78, 5) is 0. The summed E-state index contributed by atoms with van der Waals surface area (Å²) in [5.41, 5.74) is 0. The van der Waals surface area contributed by atoms with Crippen LogP contribution in [0.2, 0.25) is 25.3 Å². The first-order chi connectivity index (χ1) is 19.7. The number of hydrogen-bond donors (Lipinski definition) is 8. The third kappa shape index (κ3) is 29.6. The summed E-state index contributed by atoms with van der Waals surface area (Å²) < 4.78 is 0. The molecule has 0 saturated carbocycles. The van der Waals surface area contributed by atoms with Crippen LogP contribution in [-0.2, 0) is 0 Å². The van der Waals surface area contributed by atoms with E-state index in [0.717, 1.165) is 41.4 Å². The lowest BCUT2D eigenvalue weighted by Crippen LogP contribution is -2.40. The minimum atomic E-state index is -1.38. The summed E-state index contributed by atoms with van der Waals surface area (Å²) in [6.07, 6.45) is 0. The van der Waals surface area contributed by atoms with Crippen LogP contribution >= 0.6 is 0 Å². The maximum atomic E-state index is 9.74. The van der Waals surface area contributed by atoms with E-state index < -0.39 is 28.5 Å². The standard InChI is InChI=1S/C16H34.C14H32B2O4.2CH5BO2.4CH4/c1-10(2)12(5)14(7)16(9)15(8)13(6)11(3)4;1-8(2)10(5)14(16(19)20)12(7)11(6)13(9(3)4)15(17)18;2*1-2(3)4;;;;/h10-16H,1-9H3;8-14,17-20H,1-7H3;2*3-4H,1H3;4*1H4. The molecule has 0 radical (unpaired) electrons. The third-order valence-corrected chi connectivity index (χ3v) is 10.6. The predicted molar refractivity (Wildman–Crippen MR) is 220 cm³/mol. The molecule has 0 aromatic rings. The highest BCUT2D eigenvalue weighted by atomic mass is 16.4. The van der Waals surface area contributed by atoms with Crippen LogP contribution in [0.15, 0.2) is 0 Å². The first-order valence-corrected chi connectivity index (χ1v) is 17.1. The van der Waals surface area contributed by atoms with Gasteiger partial charge in [-0.05, 0) is 96.3 Å². The molecule has 0 aromatic carbocycles. The Bertz CT molecular complexity index is 616. The maximum Gasteiger partial charge on any atom is 0.455 e. The Balaban J connectivity index is -0.0000000856. The van der Waals surface area contributed by atoms with Crippen LogP contribution in [0.1, 0.15) is 140 Å². The summed E-state index contributed by atoms with van der Waals surface area (Å²) >= 11 is 0. The van der Waals surface area contributed by atoms with E-state index in [0.29, 0.717) is 5.92 Å². The smallest absolute Gasteiger partial charge is 0.427 e. The molecular formula is C36H92B4O8. The largest absolute Gasteiger partial charge is 0.455 e. The molecule has 0 fully saturated rings. The Morgan fingerprint density at radius 3 is 0.625 bits per heavy atom. The van der Waals surface area contributed by atoms with Gasteiger partial charge in [-0.15, -0.1) is 0 Å².